The zero-order valence-corrected chi connectivity index (χ0v) is 11.0. The van der Waals surface area contributed by atoms with E-state index in [4.69, 9.17) is 11.6 Å². The summed E-state index contributed by atoms with van der Waals surface area (Å²) in [6.45, 7) is 0. The number of halogens is 1. The van der Waals surface area contributed by atoms with Gasteiger partial charge in [0.15, 0.2) is 0 Å². The highest BCUT2D eigenvalue weighted by Crippen LogP contribution is 2.26. The molecule has 2 aromatic carbocycles. The van der Waals surface area contributed by atoms with Crippen LogP contribution >= 0.6 is 11.6 Å². The van der Waals surface area contributed by atoms with E-state index >= 15 is 0 Å². The van der Waals surface area contributed by atoms with Crippen molar-refractivity contribution in [3.8, 4) is 0 Å². The number of rotatable bonds is 1. The lowest BCUT2D eigenvalue weighted by molar-refractivity contribution is 0.843. The molecule has 1 aliphatic carbocycles. The van der Waals surface area contributed by atoms with E-state index in [0.29, 0.717) is 0 Å². The second-order valence-electron chi connectivity index (χ2n) is 4.80. The summed E-state index contributed by atoms with van der Waals surface area (Å²) in [5.41, 5.74) is 5.74. The largest absolute Gasteiger partial charge is 0.0843 e. The van der Waals surface area contributed by atoms with Crippen LogP contribution in [0.1, 0.15) is 23.1 Å². The Bertz CT molecular complexity index is 579. The molecule has 0 fully saturated rings. The van der Waals surface area contributed by atoms with Crippen LogP contribution in [0.4, 0.5) is 0 Å². The lowest BCUT2D eigenvalue weighted by Gasteiger charge is -2.18. The molecule has 0 aliphatic heterocycles. The van der Waals surface area contributed by atoms with Crippen molar-refractivity contribution in [1.82, 2.24) is 0 Å². The van der Waals surface area contributed by atoms with Crippen molar-refractivity contribution >= 4 is 17.7 Å². The first-order valence-electron chi connectivity index (χ1n) is 6.33. The Morgan fingerprint density at radius 2 is 1.56 bits per heavy atom. The third kappa shape index (κ3) is 2.49. The number of hydrogen-bond acceptors (Lipinski definition) is 0. The van der Waals surface area contributed by atoms with Gasteiger partial charge in [-0.15, -0.1) is 0 Å². The van der Waals surface area contributed by atoms with Crippen molar-refractivity contribution in [1.29, 1.82) is 0 Å². The zero-order chi connectivity index (χ0) is 12.4. The molecule has 0 saturated heterocycles. The highest BCUT2D eigenvalue weighted by atomic mass is 35.5. The number of benzene rings is 2. The van der Waals surface area contributed by atoms with Crippen LogP contribution in [0.3, 0.4) is 0 Å². The maximum Gasteiger partial charge on any atom is 0.0406 e. The minimum absolute atomic E-state index is 0.797. The molecule has 1 heteroatoms. The molecule has 0 nitrogen and oxygen atoms in total. The van der Waals surface area contributed by atoms with E-state index in [2.05, 4.69) is 42.5 Å². The molecule has 18 heavy (non-hydrogen) atoms. The Morgan fingerprint density at radius 1 is 0.833 bits per heavy atom. The summed E-state index contributed by atoms with van der Waals surface area (Å²) in [6, 6.07) is 16.8. The van der Waals surface area contributed by atoms with Crippen molar-refractivity contribution in [2.45, 2.75) is 19.3 Å². The molecule has 0 N–H and O–H groups in total. The molecular formula is C17H15Cl. The van der Waals surface area contributed by atoms with Gasteiger partial charge in [0, 0.05) is 5.02 Å². The minimum Gasteiger partial charge on any atom is -0.0843 e. The lowest BCUT2D eigenvalue weighted by atomic mass is 9.87. The summed E-state index contributed by atoms with van der Waals surface area (Å²) in [4.78, 5) is 0. The summed E-state index contributed by atoms with van der Waals surface area (Å²) >= 11 is 5.90. The van der Waals surface area contributed by atoms with Gasteiger partial charge >= 0.3 is 0 Å². The maximum atomic E-state index is 5.90. The summed E-state index contributed by atoms with van der Waals surface area (Å²) in [6.07, 6.45) is 5.71. The normalized spacial score (nSPS) is 16.6. The second-order valence-corrected chi connectivity index (χ2v) is 5.24. The highest BCUT2D eigenvalue weighted by Gasteiger charge is 2.11. The molecule has 0 unspecified atom stereocenters. The van der Waals surface area contributed by atoms with Gasteiger partial charge in [-0.25, -0.2) is 0 Å². The van der Waals surface area contributed by atoms with Crippen LogP contribution in [-0.4, -0.2) is 0 Å². The predicted octanol–water partition coefficient (Wildman–Crippen LogP) is 4.91. The van der Waals surface area contributed by atoms with Crippen LogP contribution in [0, 0.1) is 0 Å². The quantitative estimate of drug-likeness (QED) is 0.678. The summed E-state index contributed by atoms with van der Waals surface area (Å²) in [5, 5.41) is 0.797. The van der Waals surface area contributed by atoms with Crippen LogP contribution < -0.4 is 0 Å². The van der Waals surface area contributed by atoms with E-state index in [1.807, 2.05) is 12.1 Å². The number of aryl methyl sites for hydroxylation is 1. The van der Waals surface area contributed by atoms with Crippen LogP contribution in [-0.2, 0) is 12.8 Å². The van der Waals surface area contributed by atoms with Gasteiger partial charge < -0.3 is 0 Å². The van der Waals surface area contributed by atoms with Gasteiger partial charge in [0.25, 0.3) is 0 Å². The van der Waals surface area contributed by atoms with E-state index in [1.165, 1.54) is 28.7 Å². The molecule has 0 atom stereocenters. The topological polar surface area (TPSA) is 0 Å². The van der Waals surface area contributed by atoms with Crippen LogP contribution in [0.2, 0.25) is 5.02 Å². The summed E-state index contributed by atoms with van der Waals surface area (Å²) < 4.78 is 0. The second kappa shape index (κ2) is 4.99. The first-order valence-corrected chi connectivity index (χ1v) is 6.71. The van der Waals surface area contributed by atoms with Gasteiger partial charge in [-0.05, 0) is 48.1 Å². The monoisotopic (exact) mass is 254 g/mol. The minimum atomic E-state index is 0.797. The summed E-state index contributed by atoms with van der Waals surface area (Å²) in [7, 11) is 0. The maximum absolute atomic E-state index is 5.90. The van der Waals surface area contributed by atoms with Crippen LogP contribution in [0.25, 0.3) is 6.08 Å². The Morgan fingerprint density at radius 3 is 2.33 bits per heavy atom. The Balaban J connectivity index is 1.85. The van der Waals surface area contributed by atoms with Gasteiger partial charge in [-0.3, -0.25) is 0 Å². The fourth-order valence-electron chi connectivity index (χ4n) is 2.52. The Kier molecular flexibility index (Phi) is 3.21. The fourth-order valence-corrected chi connectivity index (χ4v) is 2.65. The first-order chi connectivity index (χ1) is 8.81. The van der Waals surface area contributed by atoms with Gasteiger partial charge in [0.1, 0.15) is 0 Å². The molecule has 2 aromatic rings. The molecule has 0 spiro atoms. The van der Waals surface area contributed by atoms with Crippen molar-refractivity contribution in [3.63, 3.8) is 0 Å². The zero-order valence-electron chi connectivity index (χ0n) is 10.2. The third-order valence-electron chi connectivity index (χ3n) is 3.49. The number of fused-ring (bicyclic) bond motifs is 1. The van der Waals surface area contributed by atoms with Crippen LogP contribution in [0.5, 0.6) is 0 Å². The fraction of sp³-hybridized carbons (Fsp3) is 0.176. The van der Waals surface area contributed by atoms with E-state index in [9.17, 15) is 0 Å². The molecule has 3 rings (SSSR count). The first kappa shape index (κ1) is 11.6. The van der Waals surface area contributed by atoms with Crippen molar-refractivity contribution in [2.75, 3.05) is 0 Å². The van der Waals surface area contributed by atoms with Crippen molar-refractivity contribution in [3.05, 3.63) is 75.8 Å². The predicted molar refractivity (Wildman–Crippen MR) is 77.9 cm³/mol. The molecule has 0 bridgehead atoms. The molecule has 0 saturated carbocycles. The Hall–Kier alpha value is -1.53. The van der Waals surface area contributed by atoms with E-state index in [0.717, 1.165) is 17.9 Å². The van der Waals surface area contributed by atoms with E-state index in [1.54, 1.807) is 0 Å². The van der Waals surface area contributed by atoms with E-state index < -0.39 is 0 Å². The molecule has 1 aliphatic rings. The number of hydrogen-bond donors (Lipinski definition) is 0. The van der Waals surface area contributed by atoms with Crippen LogP contribution in [0.15, 0.2) is 54.1 Å². The third-order valence-corrected chi connectivity index (χ3v) is 3.74. The van der Waals surface area contributed by atoms with E-state index in [-0.39, 0.29) is 0 Å². The molecule has 0 aromatic heterocycles. The lowest BCUT2D eigenvalue weighted by Crippen LogP contribution is -2.04. The molecule has 90 valence electrons. The molecule has 0 heterocycles. The standard InChI is InChI=1S/C17H15Cl/c18-17-9-6-13(7-10-17)11-14-5-8-15-3-1-2-4-16(15)12-14/h1-4,6-7,9-11H,5,8,12H2. The molecule has 0 radical (unpaired) electrons. The van der Waals surface area contributed by atoms with Gasteiger partial charge in [-0.1, -0.05) is 59.6 Å². The SMILES string of the molecule is Clc1ccc(C=C2CCc3ccccc3C2)cc1. The van der Waals surface area contributed by atoms with Crippen molar-refractivity contribution in [2.24, 2.45) is 0 Å². The number of allylic oxidation sites excluding steroid dienone is 1. The highest BCUT2D eigenvalue weighted by molar-refractivity contribution is 6.30. The van der Waals surface area contributed by atoms with Crippen molar-refractivity contribution < 1.29 is 0 Å². The molecule has 0 amide bonds. The van der Waals surface area contributed by atoms with Gasteiger partial charge in [0.05, 0.1) is 0 Å². The smallest absolute Gasteiger partial charge is 0.0406 e. The van der Waals surface area contributed by atoms with Gasteiger partial charge in [-0.2, -0.15) is 0 Å². The average Bonchev–Trinajstić information content (AvgIpc) is 2.41. The Labute approximate surface area is 113 Å². The summed E-state index contributed by atoms with van der Waals surface area (Å²) in [5.74, 6) is 0. The molecular weight excluding hydrogens is 240 g/mol. The average molecular weight is 255 g/mol. The van der Waals surface area contributed by atoms with Gasteiger partial charge in [0.2, 0.25) is 0 Å².